The number of nitrogens with one attached hydrogen (secondary N) is 1. The summed E-state index contributed by atoms with van der Waals surface area (Å²) in [6.07, 6.45) is 3.35. The van der Waals surface area contributed by atoms with E-state index in [-0.39, 0.29) is 11.9 Å². The number of rotatable bonds is 6. The van der Waals surface area contributed by atoms with Crippen LogP contribution in [0.3, 0.4) is 0 Å². The standard InChI is InChI=1S/C18H29N3O3S/c1-5-17(18(22)19-15-9-11-20(3)12-10-15)21(25(4,23)24)16-8-6-7-14(2)13-16/h6-8,13,15,17H,5,9-12H2,1-4H3,(H,19,22)/t17-/m0/s1. The first-order valence-electron chi connectivity index (χ1n) is 8.77. The van der Waals surface area contributed by atoms with Crippen molar-refractivity contribution in [2.45, 2.75) is 45.2 Å². The largest absolute Gasteiger partial charge is 0.351 e. The number of hydrogen-bond donors (Lipinski definition) is 1. The SMILES string of the molecule is CC[C@@H](C(=O)NC1CCN(C)CC1)N(c1cccc(C)c1)S(C)(=O)=O. The zero-order valence-electron chi connectivity index (χ0n) is 15.5. The molecule has 0 aromatic heterocycles. The molecule has 25 heavy (non-hydrogen) atoms. The van der Waals surface area contributed by atoms with Crippen molar-refractivity contribution in [2.24, 2.45) is 0 Å². The van der Waals surface area contributed by atoms with Crippen LogP contribution in [0.5, 0.6) is 0 Å². The number of anilines is 1. The topological polar surface area (TPSA) is 69.7 Å². The van der Waals surface area contributed by atoms with E-state index in [9.17, 15) is 13.2 Å². The van der Waals surface area contributed by atoms with Gasteiger partial charge in [-0.1, -0.05) is 19.1 Å². The molecule has 0 bridgehead atoms. The second-order valence-electron chi connectivity index (χ2n) is 6.91. The Morgan fingerprint density at radius 2 is 2.00 bits per heavy atom. The van der Waals surface area contributed by atoms with Gasteiger partial charge in [0.15, 0.2) is 0 Å². The molecule has 1 aliphatic rings. The van der Waals surface area contributed by atoms with E-state index in [1.807, 2.05) is 26.0 Å². The van der Waals surface area contributed by atoms with E-state index < -0.39 is 16.1 Å². The number of nitrogens with zero attached hydrogens (tertiary/aromatic N) is 2. The normalized spacial score (nSPS) is 17.9. The number of carbonyl (C=O) groups is 1. The Morgan fingerprint density at radius 3 is 2.52 bits per heavy atom. The lowest BCUT2D eigenvalue weighted by molar-refractivity contribution is -0.123. The van der Waals surface area contributed by atoms with Gasteiger partial charge in [0.1, 0.15) is 6.04 Å². The van der Waals surface area contributed by atoms with E-state index in [4.69, 9.17) is 0 Å². The fourth-order valence-corrected chi connectivity index (χ4v) is 4.48. The van der Waals surface area contributed by atoms with Crippen molar-refractivity contribution in [1.29, 1.82) is 0 Å². The van der Waals surface area contributed by atoms with E-state index in [2.05, 4.69) is 17.3 Å². The smallest absolute Gasteiger partial charge is 0.244 e. The number of amides is 1. The molecule has 7 heteroatoms. The molecule has 6 nitrogen and oxygen atoms in total. The predicted molar refractivity (Wildman–Crippen MR) is 101 cm³/mol. The van der Waals surface area contributed by atoms with Crippen LogP contribution in [0.2, 0.25) is 0 Å². The molecule has 140 valence electrons. The van der Waals surface area contributed by atoms with Crippen molar-refractivity contribution in [2.75, 3.05) is 30.7 Å². The molecule has 0 aliphatic carbocycles. The van der Waals surface area contributed by atoms with E-state index >= 15 is 0 Å². The summed E-state index contributed by atoms with van der Waals surface area (Å²) >= 11 is 0. The van der Waals surface area contributed by atoms with Crippen LogP contribution in [0.4, 0.5) is 5.69 Å². The minimum Gasteiger partial charge on any atom is -0.351 e. The van der Waals surface area contributed by atoms with E-state index in [1.165, 1.54) is 4.31 Å². The molecule has 1 fully saturated rings. The number of aryl methyl sites for hydroxylation is 1. The number of hydrogen-bond acceptors (Lipinski definition) is 4. The van der Waals surface area contributed by atoms with Gasteiger partial charge in [-0.15, -0.1) is 0 Å². The van der Waals surface area contributed by atoms with E-state index in [0.717, 1.165) is 37.8 Å². The molecule has 1 saturated heterocycles. The maximum Gasteiger partial charge on any atom is 0.244 e. The van der Waals surface area contributed by atoms with Crippen LogP contribution in [0.1, 0.15) is 31.7 Å². The first-order chi connectivity index (χ1) is 11.7. The Balaban J connectivity index is 2.23. The third-order valence-corrected chi connectivity index (χ3v) is 5.83. The van der Waals surface area contributed by atoms with Crippen LogP contribution in [-0.2, 0) is 14.8 Å². The highest BCUT2D eigenvalue weighted by Gasteiger charge is 2.32. The number of carbonyl (C=O) groups excluding carboxylic acids is 1. The molecular weight excluding hydrogens is 338 g/mol. The number of likely N-dealkylation sites (tertiary alicyclic amines) is 1. The Morgan fingerprint density at radius 1 is 1.36 bits per heavy atom. The van der Waals surface area contributed by atoms with Crippen molar-refractivity contribution in [1.82, 2.24) is 10.2 Å². The lowest BCUT2D eigenvalue weighted by Gasteiger charge is -2.34. The van der Waals surface area contributed by atoms with Gasteiger partial charge in [0, 0.05) is 6.04 Å². The van der Waals surface area contributed by atoms with E-state index in [1.54, 1.807) is 12.1 Å². The van der Waals surface area contributed by atoms with Gasteiger partial charge in [0.25, 0.3) is 0 Å². The summed E-state index contributed by atoms with van der Waals surface area (Å²) in [5.41, 5.74) is 1.49. The number of sulfonamides is 1. The van der Waals surface area contributed by atoms with Crippen LogP contribution in [0.25, 0.3) is 0 Å². The Kier molecular flexibility index (Phi) is 6.46. The summed E-state index contributed by atoms with van der Waals surface area (Å²) in [6, 6.07) is 6.62. The van der Waals surface area contributed by atoms with Gasteiger partial charge < -0.3 is 10.2 Å². The molecular formula is C18H29N3O3S. The Bertz CT molecular complexity index is 697. The average molecular weight is 368 g/mol. The number of piperidine rings is 1. The predicted octanol–water partition coefficient (Wildman–Crippen LogP) is 1.75. The molecule has 0 unspecified atom stereocenters. The molecule has 1 amide bonds. The second-order valence-corrected chi connectivity index (χ2v) is 8.77. The molecule has 1 aromatic carbocycles. The first kappa shape index (κ1) is 19.7. The van der Waals surface area contributed by atoms with E-state index in [0.29, 0.717) is 12.1 Å². The highest BCUT2D eigenvalue weighted by Crippen LogP contribution is 2.24. The Labute approximate surface area is 151 Å². The molecule has 1 atom stereocenters. The number of benzene rings is 1. The summed E-state index contributed by atoms with van der Waals surface area (Å²) in [5.74, 6) is -0.219. The molecule has 1 aliphatic heterocycles. The van der Waals surface area contributed by atoms with Gasteiger partial charge in [0.2, 0.25) is 15.9 Å². The zero-order valence-corrected chi connectivity index (χ0v) is 16.3. The van der Waals surface area contributed by atoms with Crippen molar-refractivity contribution in [3.63, 3.8) is 0 Å². The zero-order chi connectivity index (χ0) is 18.6. The quantitative estimate of drug-likeness (QED) is 0.832. The van der Waals surface area contributed by atoms with Gasteiger partial charge in [-0.3, -0.25) is 9.10 Å². The fraction of sp³-hybridized carbons (Fsp3) is 0.611. The second kappa shape index (κ2) is 8.19. The summed E-state index contributed by atoms with van der Waals surface area (Å²) in [4.78, 5) is 15.1. The summed E-state index contributed by atoms with van der Waals surface area (Å²) in [5, 5.41) is 3.06. The lowest BCUT2D eigenvalue weighted by Crippen LogP contribution is -2.53. The van der Waals surface area contributed by atoms with Crippen LogP contribution >= 0.6 is 0 Å². The third-order valence-electron chi connectivity index (χ3n) is 4.65. The highest BCUT2D eigenvalue weighted by atomic mass is 32.2. The highest BCUT2D eigenvalue weighted by molar-refractivity contribution is 7.92. The van der Waals surface area contributed by atoms with Crippen LogP contribution in [-0.4, -0.2) is 57.7 Å². The van der Waals surface area contributed by atoms with Gasteiger partial charge >= 0.3 is 0 Å². The molecule has 1 heterocycles. The van der Waals surface area contributed by atoms with Crippen LogP contribution in [0, 0.1) is 6.92 Å². The van der Waals surface area contributed by atoms with Crippen molar-refractivity contribution >= 4 is 21.6 Å². The van der Waals surface area contributed by atoms with Gasteiger partial charge in [-0.05, 0) is 64.0 Å². The molecule has 1 aromatic rings. The van der Waals surface area contributed by atoms with Crippen LogP contribution < -0.4 is 9.62 Å². The van der Waals surface area contributed by atoms with Crippen molar-refractivity contribution < 1.29 is 13.2 Å². The maximum atomic E-state index is 12.8. The molecule has 0 radical (unpaired) electrons. The summed E-state index contributed by atoms with van der Waals surface area (Å²) < 4.78 is 26.1. The minimum atomic E-state index is -3.58. The molecule has 2 rings (SSSR count). The molecule has 0 spiro atoms. The lowest BCUT2D eigenvalue weighted by atomic mass is 10.0. The first-order valence-corrected chi connectivity index (χ1v) is 10.6. The van der Waals surface area contributed by atoms with Crippen molar-refractivity contribution in [3.8, 4) is 0 Å². The van der Waals surface area contributed by atoms with Crippen molar-refractivity contribution in [3.05, 3.63) is 29.8 Å². The minimum absolute atomic E-state index is 0.108. The third kappa shape index (κ3) is 5.19. The molecule has 0 saturated carbocycles. The monoisotopic (exact) mass is 367 g/mol. The summed E-state index contributed by atoms with van der Waals surface area (Å²) in [7, 11) is -1.51. The summed E-state index contributed by atoms with van der Waals surface area (Å²) in [6.45, 7) is 5.63. The average Bonchev–Trinajstić information content (AvgIpc) is 2.53. The fourth-order valence-electron chi connectivity index (χ4n) is 3.28. The van der Waals surface area contributed by atoms with Gasteiger partial charge in [-0.25, -0.2) is 8.42 Å². The van der Waals surface area contributed by atoms with Gasteiger partial charge in [0.05, 0.1) is 11.9 Å². The molecule has 1 N–H and O–H groups in total. The van der Waals surface area contributed by atoms with Crippen LogP contribution in [0.15, 0.2) is 24.3 Å². The maximum absolute atomic E-state index is 12.8. The van der Waals surface area contributed by atoms with Gasteiger partial charge in [-0.2, -0.15) is 0 Å². The Hall–Kier alpha value is -1.60.